The van der Waals surface area contributed by atoms with Gasteiger partial charge in [0.25, 0.3) is 0 Å². The predicted octanol–water partition coefficient (Wildman–Crippen LogP) is 4.48. The summed E-state index contributed by atoms with van der Waals surface area (Å²) in [4.78, 5) is 0. The van der Waals surface area contributed by atoms with E-state index >= 15 is 0 Å². The molecule has 110 valence electrons. The van der Waals surface area contributed by atoms with Crippen molar-refractivity contribution in [3.63, 3.8) is 0 Å². The second-order valence-electron chi connectivity index (χ2n) is 6.44. The standard InChI is InChI=1S/C20H24O/c1-15-7-9-16(10-8-15)13-19-14-18(11-12-20(19)21)17-5-3-2-4-6-17/h2-10,18-21H,11-14H2,1H3. The van der Waals surface area contributed by atoms with Crippen LogP contribution in [0.25, 0.3) is 0 Å². The van der Waals surface area contributed by atoms with Gasteiger partial charge in [0.2, 0.25) is 0 Å². The highest BCUT2D eigenvalue weighted by atomic mass is 16.3. The van der Waals surface area contributed by atoms with Crippen LogP contribution in [0.1, 0.15) is 41.9 Å². The third kappa shape index (κ3) is 3.54. The van der Waals surface area contributed by atoms with E-state index < -0.39 is 0 Å². The van der Waals surface area contributed by atoms with E-state index in [1.165, 1.54) is 16.7 Å². The van der Waals surface area contributed by atoms with Crippen LogP contribution in [-0.4, -0.2) is 11.2 Å². The smallest absolute Gasteiger partial charge is 0.0572 e. The Labute approximate surface area is 127 Å². The highest BCUT2D eigenvalue weighted by molar-refractivity contribution is 5.23. The molecule has 1 aliphatic rings. The van der Waals surface area contributed by atoms with Crippen LogP contribution in [0.5, 0.6) is 0 Å². The van der Waals surface area contributed by atoms with E-state index in [4.69, 9.17) is 0 Å². The van der Waals surface area contributed by atoms with Crippen molar-refractivity contribution in [2.75, 3.05) is 0 Å². The van der Waals surface area contributed by atoms with Gasteiger partial charge >= 0.3 is 0 Å². The minimum absolute atomic E-state index is 0.147. The van der Waals surface area contributed by atoms with Gasteiger partial charge < -0.3 is 5.11 Å². The summed E-state index contributed by atoms with van der Waals surface area (Å²) in [5.41, 5.74) is 4.07. The second-order valence-corrected chi connectivity index (χ2v) is 6.44. The summed E-state index contributed by atoms with van der Waals surface area (Å²) in [6.45, 7) is 2.12. The lowest BCUT2D eigenvalue weighted by atomic mass is 9.74. The second kappa shape index (κ2) is 6.44. The Balaban J connectivity index is 1.70. The summed E-state index contributed by atoms with van der Waals surface area (Å²) in [6, 6.07) is 19.5. The summed E-state index contributed by atoms with van der Waals surface area (Å²) in [5.74, 6) is 0.983. The molecule has 1 heteroatoms. The van der Waals surface area contributed by atoms with Crippen LogP contribution < -0.4 is 0 Å². The van der Waals surface area contributed by atoms with Crippen LogP contribution >= 0.6 is 0 Å². The molecule has 0 radical (unpaired) electrons. The van der Waals surface area contributed by atoms with Crippen molar-refractivity contribution in [3.05, 3.63) is 71.3 Å². The molecule has 0 aliphatic heterocycles. The summed E-state index contributed by atoms with van der Waals surface area (Å²) >= 11 is 0. The summed E-state index contributed by atoms with van der Waals surface area (Å²) in [5, 5.41) is 10.3. The van der Waals surface area contributed by atoms with E-state index in [1.54, 1.807) is 0 Å². The lowest BCUT2D eigenvalue weighted by molar-refractivity contribution is 0.0620. The Hall–Kier alpha value is -1.60. The Kier molecular flexibility index (Phi) is 4.40. The van der Waals surface area contributed by atoms with E-state index in [-0.39, 0.29) is 6.10 Å². The largest absolute Gasteiger partial charge is 0.393 e. The van der Waals surface area contributed by atoms with Gasteiger partial charge in [-0.25, -0.2) is 0 Å². The average molecular weight is 280 g/mol. The normalized spacial score (nSPS) is 25.7. The molecule has 2 aromatic carbocycles. The van der Waals surface area contributed by atoms with Gasteiger partial charge in [0, 0.05) is 0 Å². The van der Waals surface area contributed by atoms with E-state index in [9.17, 15) is 5.11 Å². The number of hydrogen-bond donors (Lipinski definition) is 1. The van der Waals surface area contributed by atoms with Crippen LogP contribution in [-0.2, 0) is 6.42 Å². The molecule has 0 aromatic heterocycles. The Morgan fingerprint density at radius 3 is 2.38 bits per heavy atom. The molecule has 1 fully saturated rings. The molecule has 21 heavy (non-hydrogen) atoms. The zero-order chi connectivity index (χ0) is 14.7. The van der Waals surface area contributed by atoms with Gasteiger partial charge in [-0.2, -0.15) is 0 Å². The van der Waals surface area contributed by atoms with E-state index in [2.05, 4.69) is 61.5 Å². The van der Waals surface area contributed by atoms with Crippen LogP contribution in [0.15, 0.2) is 54.6 Å². The van der Waals surface area contributed by atoms with Gasteiger partial charge in [-0.15, -0.1) is 0 Å². The Morgan fingerprint density at radius 1 is 0.952 bits per heavy atom. The topological polar surface area (TPSA) is 20.2 Å². The molecule has 1 N–H and O–H groups in total. The Bertz CT molecular complexity index is 558. The van der Waals surface area contributed by atoms with Gasteiger partial charge in [0.05, 0.1) is 6.10 Å². The molecule has 1 aliphatic carbocycles. The molecule has 3 atom stereocenters. The number of aryl methyl sites for hydroxylation is 1. The quantitative estimate of drug-likeness (QED) is 0.878. The average Bonchev–Trinajstić information content (AvgIpc) is 2.52. The monoisotopic (exact) mass is 280 g/mol. The summed E-state index contributed by atoms with van der Waals surface area (Å²) in [6.07, 6.45) is 3.97. The maximum Gasteiger partial charge on any atom is 0.0572 e. The van der Waals surface area contributed by atoms with Gasteiger partial charge in [-0.3, -0.25) is 0 Å². The van der Waals surface area contributed by atoms with Crippen LogP contribution in [0.4, 0.5) is 0 Å². The van der Waals surface area contributed by atoms with Crippen molar-refractivity contribution in [1.29, 1.82) is 0 Å². The minimum Gasteiger partial charge on any atom is -0.393 e. The first-order valence-electron chi connectivity index (χ1n) is 8.01. The Morgan fingerprint density at radius 2 is 1.67 bits per heavy atom. The molecule has 0 saturated heterocycles. The van der Waals surface area contributed by atoms with E-state index in [1.807, 2.05) is 0 Å². The van der Waals surface area contributed by atoms with Crippen molar-refractivity contribution in [1.82, 2.24) is 0 Å². The van der Waals surface area contributed by atoms with Crippen molar-refractivity contribution >= 4 is 0 Å². The maximum atomic E-state index is 10.3. The summed E-state index contributed by atoms with van der Waals surface area (Å²) < 4.78 is 0. The fourth-order valence-electron chi connectivity index (χ4n) is 3.52. The van der Waals surface area contributed by atoms with Gasteiger partial charge in [0.15, 0.2) is 0 Å². The lowest BCUT2D eigenvalue weighted by Gasteiger charge is -2.33. The lowest BCUT2D eigenvalue weighted by Crippen LogP contribution is -2.29. The van der Waals surface area contributed by atoms with Crippen molar-refractivity contribution in [3.8, 4) is 0 Å². The molecule has 2 aromatic rings. The van der Waals surface area contributed by atoms with Crippen LogP contribution in [0, 0.1) is 12.8 Å². The fraction of sp³-hybridized carbons (Fsp3) is 0.400. The third-order valence-electron chi connectivity index (χ3n) is 4.83. The molecule has 0 heterocycles. The molecule has 0 amide bonds. The van der Waals surface area contributed by atoms with Gasteiger partial charge in [0.1, 0.15) is 0 Å². The molecule has 1 saturated carbocycles. The third-order valence-corrected chi connectivity index (χ3v) is 4.83. The molecule has 0 spiro atoms. The first kappa shape index (κ1) is 14.3. The SMILES string of the molecule is Cc1ccc(CC2CC(c3ccccc3)CCC2O)cc1. The molecule has 1 nitrogen and oxygen atoms in total. The van der Waals surface area contributed by atoms with E-state index in [0.717, 1.165) is 25.7 Å². The van der Waals surface area contributed by atoms with Gasteiger partial charge in [-0.05, 0) is 55.6 Å². The summed E-state index contributed by atoms with van der Waals surface area (Å²) in [7, 11) is 0. The first-order valence-corrected chi connectivity index (χ1v) is 8.01. The van der Waals surface area contributed by atoms with Crippen LogP contribution in [0.3, 0.4) is 0 Å². The minimum atomic E-state index is -0.147. The highest BCUT2D eigenvalue weighted by Crippen LogP contribution is 2.37. The molecule has 3 rings (SSSR count). The molecule has 0 bridgehead atoms. The van der Waals surface area contributed by atoms with Crippen LogP contribution in [0.2, 0.25) is 0 Å². The first-order chi connectivity index (χ1) is 10.2. The molecular weight excluding hydrogens is 256 g/mol. The number of aliphatic hydroxyl groups is 1. The number of hydrogen-bond acceptors (Lipinski definition) is 1. The highest BCUT2D eigenvalue weighted by Gasteiger charge is 2.29. The molecular formula is C20H24O. The number of rotatable bonds is 3. The maximum absolute atomic E-state index is 10.3. The predicted molar refractivity (Wildman–Crippen MR) is 87.4 cm³/mol. The number of benzene rings is 2. The van der Waals surface area contributed by atoms with Gasteiger partial charge in [-0.1, -0.05) is 60.2 Å². The van der Waals surface area contributed by atoms with Crippen molar-refractivity contribution < 1.29 is 5.11 Å². The fourth-order valence-corrected chi connectivity index (χ4v) is 3.52. The molecule has 3 unspecified atom stereocenters. The zero-order valence-electron chi connectivity index (χ0n) is 12.7. The van der Waals surface area contributed by atoms with Crippen molar-refractivity contribution in [2.24, 2.45) is 5.92 Å². The van der Waals surface area contributed by atoms with E-state index in [0.29, 0.717) is 11.8 Å². The number of aliphatic hydroxyl groups excluding tert-OH is 1. The zero-order valence-corrected chi connectivity index (χ0v) is 12.7. The van der Waals surface area contributed by atoms with Crippen molar-refractivity contribution in [2.45, 2.75) is 44.6 Å².